The van der Waals surface area contributed by atoms with Gasteiger partial charge in [-0.3, -0.25) is 0 Å². The zero-order chi connectivity index (χ0) is 7.11. The Morgan fingerprint density at radius 3 is 2.89 bits per heavy atom. The van der Waals surface area contributed by atoms with Gasteiger partial charge in [-0.05, 0) is 12.8 Å². The third-order valence-electron chi connectivity index (χ3n) is 1.16. The van der Waals surface area contributed by atoms with Crippen LogP contribution in [0.3, 0.4) is 0 Å². The second-order valence-corrected chi connectivity index (χ2v) is 1.83. The van der Waals surface area contributed by atoms with Crippen molar-refractivity contribution in [2.45, 2.75) is 25.8 Å². The third kappa shape index (κ3) is 3.68. The summed E-state index contributed by atoms with van der Waals surface area (Å²) in [5.41, 5.74) is 0. The minimum absolute atomic E-state index is 0.222. The van der Waals surface area contributed by atoms with Gasteiger partial charge in [-0.2, -0.15) is 0 Å². The van der Waals surface area contributed by atoms with Crippen LogP contribution in [0.1, 0.15) is 19.8 Å². The summed E-state index contributed by atoms with van der Waals surface area (Å²) in [6, 6.07) is 2.25. The lowest BCUT2D eigenvalue weighted by Crippen LogP contribution is -1.98. The van der Waals surface area contributed by atoms with Crippen LogP contribution in [0.15, 0.2) is 17.6 Å². The van der Waals surface area contributed by atoms with Gasteiger partial charge in [0.15, 0.2) is 0 Å². The molecular formula is C7H12N2. The summed E-state index contributed by atoms with van der Waals surface area (Å²) in [4.78, 5) is 3.78. The van der Waals surface area contributed by atoms with Gasteiger partial charge in [-0.25, -0.2) is 10.4 Å². The molecule has 1 unspecified atom stereocenters. The Morgan fingerprint density at radius 2 is 2.56 bits per heavy atom. The lowest BCUT2D eigenvalue weighted by molar-refractivity contribution is 0.665. The summed E-state index contributed by atoms with van der Waals surface area (Å²) < 4.78 is 0. The number of nitrogens with one attached hydrogen (secondary N) is 1. The van der Waals surface area contributed by atoms with Gasteiger partial charge in [-0.15, -0.1) is 6.58 Å². The summed E-state index contributed by atoms with van der Waals surface area (Å²) in [5, 5.41) is 6.56. The molecule has 50 valence electrons. The van der Waals surface area contributed by atoms with Gasteiger partial charge in [0.05, 0.1) is 12.1 Å². The molecule has 0 aromatic heterocycles. The molecule has 0 heterocycles. The van der Waals surface area contributed by atoms with E-state index < -0.39 is 0 Å². The van der Waals surface area contributed by atoms with E-state index in [0.717, 1.165) is 12.8 Å². The van der Waals surface area contributed by atoms with Crippen LogP contribution in [-0.4, -0.2) is 12.1 Å². The highest BCUT2D eigenvalue weighted by Crippen LogP contribution is 2.01. The average molecular weight is 124 g/mol. The van der Waals surface area contributed by atoms with Crippen molar-refractivity contribution in [3.8, 4) is 0 Å². The molecule has 0 rings (SSSR count). The molecule has 2 heteroatoms. The van der Waals surface area contributed by atoms with E-state index >= 15 is 0 Å². The van der Waals surface area contributed by atoms with Gasteiger partial charge < -0.3 is 0 Å². The van der Waals surface area contributed by atoms with E-state index in [1.165, 1.54) is 0 Å². The van der Waals surface area contributed by atoms with Crippen molar-refractivity contribution in [2.24, 2.45) is 4.99 Å². The van der Waals surface area contributed by atoms with Crippen LogP contribution < -0.4 is 0 Å². The highest BCUT2D eigenvalue weighted by Gasteiger charge is 1.97. The lowest BCUT2D eigenvalue weighted by atomic mass is 10.2. The minimum atomic E-state index is 0.222. The molecule has 1 N–H and O–H groups in total. The first-order valence-electron chi connectivity index (χ1n) is 3.07. The number of rotatable bonds is 4. The minimum Gasteiger partial charge on any atom is -0.242 e. The Hall–Kier alpha value is -0.880. The van der Waals surface area contributed by atoms with Gasteiger partial charge in [0, 0.05) is 0 Å². The van der Waals surface area contributed by atoms with E-state index in [1.54, 1.807) is 0 Å². The second kappa shape index (κ2) is 5.26. The Morgan fingerprint density at radius 1 is 1.89 bits per heavy atom. The standard InChI is InChI=1S/C7H12N2/c1-3-5-7(4-2)9-6-8/h3,7-8H,1,4-5H2,2H3. The molecule has 0 bridgehead atoms. The summed E-state index contributed by atoms with van der Waals surface area (Å²) in [6.45, 7) is 5.62. The fraction of sp³-hybridized carbons (Fsp3) is 0.571. The first-order chi connectivity index (χ1) is 4.35. The van der Waals surface area contributed by atoms with Crippen LogP contribution in [0.25, 0.3) is 0 Å². The summed E-state index contributed by atoms with van der Waals surface area (Å²) in [7, 11) is 0. The smallest absolute Gasteiger partial charge is 0.0864 e. The molecule has 0 aliphatic rings. The Balaban J connectivity index is 3.66. The SMILES string of the molecule is C=CCC(CC)N=C=N. The van der Waals surface area contributed by atoms with Gasteiger partial charge in [0.25, 0.3) is 0 Å². The molecule has 0 saturated carbocycles. The molecule has 0 radical (unpaired) electrons. The lowest BCUT2D eigenvalue weighted by Gasteiger charge is -2.00. The van der Waals surface area contributed by atoms with Crippen molar-refractivity contribution < 1.29 is 0 Å². The van der Waals surface area contributed by atoms with Gasteiger partial charge in [-0.1, -0.05) is 13.0 Å². The molecule has 0 fully saturated rings. The molecule has 0 aliphatic heterocycles. The van der Waals surface area contributed by atoms with Crippen LogP contribution in [0, 0.1) is 5.41 Å². The summed E-state index contributed by atoms with van der Waals surface area (Å²) in [6.07, 6.45) is 3.62. The van der Waals surface area contributed by atoms with Gasteiger partial charge in [0.1, 0.15) is 0 Å². The predicted molar refractivity (Wildman–Crippen MR) is 39.0 cm³/mol. The first kappa shape index (κ1) is 8.12. The molecule has 2 nitrogen and oxygen atoms in total. The molecule has 0 amide bonds. The number of hydrogen-bond donors (Lipinski definition) is 1. The first-order valence-corrected chi connectivity index (χ1v) is 3.07. The molecule has 0 aliphatic carbocycles. The van der Waals surface area contributed by atoms with Crippen LogP contribution in [0.5, 0.6) is 0 Å². The molecule has 0 saturated heterocycles. The zero-order valence-electron chi connectivity index (χ0n) is 5.72. The van der Waals surface area contributed by atoms with Crippen molar-refractivity contribution in [3.63, 3.8) is 0 Å². The molecule has 0 aromatic carbocycles. The van der Waals surface area contributed by atoms with Crippen molar-refractivity contribution in [2.75, 3.05) is 0 Å². The topological polar surface area (TPSA) is 36.2 Å². The summed E-state index contributed by atoms with van der Waals surface area (Å²) in [5.74, 6) is 0. The molecule has 9 heavy (non-hydrogen) atoms. The maximum atomic E-state index is 6.56. The van der Waals surface area contributed by atoms with Crippen molar-refractivity contribution in [1.29, 1.82) is 5.41 Å². The fourth-order valence-electron chi connectivity index (χ4n) is 0.594. The van der Waals surface area contributed by atoms with Crippen molar-refractivity contribution >= 4 is 6.01 Å². The molecule has 0 aromatic rings. The van der Waals surface area contributed by atoms with Crippen molar-refractivity contribution in [3.05, 3.63) is 12.7 Å². The third-order valence-corrected chi connectivity index (χ3v) is 1.16. The quantitative estimate of drug-likeness (QED) is 0.440. The van der Waals surface area contributed by atoms with E-state index in [2.05, 4.69) is 11.6 Å². The Bertz CT molecular complexity index is 123. The number of nitrogens with zero attached hydrogens (tertiary/aromatic N) is 1. The maximum absolute atomic E-state index is 6.56. The molecular weight excluding hydrogens is 112 g/mol. The average Bonchev–Trinajstić information content (AvgIpc) is 1.88. The largest absolute Gasteiger partial charge is 0.242 e. The highest BCUT2D eigenvalue weighted by molar-refractivity contribution is 5.36. The van der Waals surface area contributed by atoms with Crippen LogP contribution in [0.4, 0.5) is 0 Å². The van der Waals surface area contributed by atoms with Gasteiger partial charge in [0.2, 0.25) is 0 Å². The van der Waals surface area contributed by atoms with E-state index in [1.807, 2.05) is 19.0 Å². The zero-order valence-corrected chi connectivity index (χ0v) is 5.72. The monoisotopic (exact) mass is 124 g/mol. The van der Waals surface area contributed by atoms with E-state index in [4.69, 9.17) is 5.41 Å². The molecule has 1 atom stereocenters. The highest BCUT2D eigenvalue weighted by atomic mass is 14.8. The number of hydrogen-bond acceptors (Lipinski definition) is 2. The maximum Gasteiger partial charge on any atom is 0.0864 e. The summed E-state index contributed by atoms with van der Waals surface area (Å²) >= 11 is 0. The van der Waals surface area contributed by atoms with E-state index in [9.17, 15) is 0 Å². The van der Waals surface area contributed by atoms with Crippen LogP contribution >= 0.6 is 0 Å². The Labute approximate surface area is 55.8 Å². The number of aliphatic imine (C=N–C) groups is 1. The van der Waals surface area contributed by atoms with E-state index in [0.29, 0.717) is 0 Å². The van der Waals surface area contributed by atoms with E-state index in [-0.39, 0.29) is 6.04 Å². The van der Waals surface area contributed by atoms with Crippen LogP contribution in [0.2, 0.25) is 0 Å². The second-order valence-electron chi connectivity index (χ2n) is 1.83. The van der Waals surface area contributed by atoms with Crippen molar-refractivity contribution in [1.82, 2.24) is 0 Å². The van der Waals surface area contributed by atoms with Crippen LogP contribution in [-0.2, 0) is 0 Å². The van der Waals surface area contributed by atoms with Gasteiger partial charge >= 0.3 is 0 Å². The normalized spacial score (nSPS) is 11.7. The predicted octanol–water partition coefficient (Wildman–Crippen LogP) is 2.09. The molecule has 0 spiro atoms. The fourth-order valence-corrected chi connectivity index (χ4v) is 0.594. The Kier molecular flexibility index (Phi) is 4.75.